The number of amides is 1. The average Bonchev–Trinajstić information content (AvgIpc) is 3.07. The third kappa shape index (κ3) is 3.62. The van der Waals surface area contributed by atoms with Crippen LogP contribution in [-0.2, 0) is 17.6 Å². The molecule has 1 atom stereocenters. The van der Waals surface area contributed by atoms with Crippen LogP contribution in [-0.4, -0.2) is 29.6 Å². The lowest BCUT2D eigenvalue weighted by molar-refractivity contribution is -0.123. The van der Waals surface area contributed by atoms with Gasteiger partial charge in [-0.1, -0.05) is 42.5 Å². The van der Waals surface area contributed by atoms with Gasteiger partial charge in [-0.25, -0.2) is 4.79 Å². The Morgan fingerprint density at radius 1 is 1.00 bits per heavy atom. The third-order valence-electron chi connectivity index (χ3n) is 4.86. The lowest BCUT2D eigenvalue weighted by Gasteiger charge is -2.13. The molecule has 3 aromatic carbocycles. The summed E-state index contributed by atoms with van der Waals surface area (Å²) in [7, 11) is 0. The molecule has 0 bridgehead atoms. The summed E-state index contributed by atoms with van der Waals surface area (Å²) in [5.41, 5.74) is 2.34. The number of carboxylic acids is 1. The van der Waals surface area contributed by atoms with Crippen LogP contribution in [0.15, 0.2) is 60.7 Å². The first-order chi connectivity index (χ1) is 13.1. The molecule has 1 aliphatic rings. The molecule has 1 aliphatic carbocycles. The highest BCUT2D eigenvalue weighted by Gasteiger charge is 2.24. The fraction of sp³-hybridized carbons (Fsp3) is 0.182. The van der Waals surface area contributed by atoms with Gasteiger partial charge in [0.2, 0.25) is 0 Å². The Labute approximate surface area is 156 Å². The molecule has 0 radical (unpaired) electrons. The highest BCUT2D eigenvalue weighted by atomic mass is 16.5. The third-order valence-corrected chi connectivity index (χ3v) is 4.86. The summed E-state index contributed by atoms with van der Waals surface area (Å²) < 4.78 is 5.73. The Morgan fingerprint density at radius 3 is 2.63 bits per heavy atom. The van der Waals surface area contributed by atoms with Crippen molar-refractivity contribution in [2.75, 3.05) is 6.61 Å². The first kappa shape index (κ1) is 17.1. The smallest absolute Gasteiger partial charge is 0.335 e. The van der Waals surface area contributed by atoms with Crippen LogP contribution in [0.4, 0.5) is 0 Å². The van der Waals surface area contributed by atoms with E-state index < -0.39 is 5.97 Å². The highest BCUT2D eigenvalue weighted by molar-refractivity contribution is 5.89. The van der Waals surface area contributed by atoms with Crippen LogP contribution in [0, 0.1) is 0 Å². The summed E-state index contributed by atoms with van der Waals surface area (Å²) in [5.74, 6) is -0.433. The van der Waals surface area contributed by atoms with Crippen molar-refractivity contribution in [2.24, 2.45) is 0 Å². The normalized spacial score (nSPS) is 15.3. The number of hydrogen-bond acceptors (Lipinski definition) is 3. The van der Waals surface area contributed by atoms with E-state index in [0.717, 1.165) is 21.9 Å². The maximum absolute atomic E-state index is 12.3. The van der Waals surface area contributed by atoms with Gasteiger partial charge in [-0.05, 0) is 47.6 Å². The number of carbonyl (C=O) groups is 2. The molecule has 0 aromatic heterocycles. The van der Waals surface area contributed by atoms with Crippen molar-refractivity contribution in [3.05, 3.63) is 77.4 Å². The molecule has 0 spiro atoms. The number of carbonyl (C=O) groups excluding carboxylic acids is 1. The minimum Gasteiger partial charge on any atom is -0.483 e. The summed E-state index contributed by atoms with van der Waals surface area (Å²) in [5, 5.41) is 14.1. The van der Waals surface area contributed by atoms with Crippen molar-refractivity contribution in [1.82, 2.24) is 5.32 Å². The largest absolute Gasteiger partial charge is 0.483 e. The summed E-state index contributed by atoms with van der Waals surface area (Å²) >= 11 is 0. The maximum Gasteiger partial charge on any atom is 0.335 e. The summed E-state index contributed by atoms with van der Waals surface area (Å²) in [6.45, 7) is -0.0543. The van der Waals surface area contributed by atoms with Gasteiger partial charge in [0.05, 0.1) is 5.56 Å². The van der Waals surface area contributed by atoms with E-state index in [-0.39, 0.29) is 24.1 Å². The fourth-order valence-corrected chi connectivity index (χ4v) is 3.59. The molecule has 136 valence electrons. The van der Waals surface area contributed by atoms with E-state index in [2.05, 4.69) is 5.32 Å². The number of ether oxygens (including phenoxy) is 1. The predicted octanol–water partition coefficient (Wildman–Crippen LogP) is 3.20. The van der Waals surface area contributed by atoms with E-state index >= 15 is 0 Å². The van der Waals surface area contributed by atoms with Crippen LogP contribution >= 0.6 is 0 Å². The van der Waals surface area contributed by atoms with Crippen molar-refractivity contribution >= 4 is 22.6 Å². The molecular formula is C22H19NO4. The van der Waals surface area contributed by atoms with Crippen LogP contribution in [0.2, 0.25) is 0 Å². The van der Waals surface area contributed by atoms with Crippen LogP contribution in [0.1, 0.15) is 21.5 Å². The van der Waals surface area contributed by atoms with Gasteiger partial charge in [0.15, 0.2) is 6.61 Å². The molecule has 27 heavy (non-hydrogen) atoms. The number of fused-ring (bicyclic) bond motifs is 2. The van der Waals surface area contributed by atoms with Crippen molar-refractivity contribution in [3.8, 4) is 5.75 Å². The minimum atomic E-state index is -0.936. The van der Waals surface area contributed by atoms with E-state index in [9.17, 15) is 9.59 Å². The molecule has 0 fully saturated rings. The van der Waals surface area contributed by atoms with Gasteiger partial charge in [0.1, 0.15) is 5.75 Å². The van der Waals surface area contributed by atoms with Crippen molar-refractivity contribution in [3.63, 3.8) is 0 Å². The number of aromatic carboxylic acids is 1. The Kier molecular flexibility index (Phi) is 4.50. The van der Waals surface area contributed by atoms with Gasteiger partial charge in [-0.3, -0.25) is 4.79 Å². The predicted molar refractivity (Wildman–Crippen MR) is 102 cm³/mol. The van der Waals surface area contributed by atoms with Gasteiger partial charge < -0.3 is 15.2 Å². The standard InChI is InChI=1S/C22H19NO4/c24-21(13-27-20-7-3-5-14-4-1-2-6-19(14)20)23-18-11-15-8-9-16(22(25)26)10-17(15)12-18/h1-10,18H,11-13H2,(H,23,24)(H,25,26). The highest BCUT2D eigenvalue weighted by Crippen LogP contribution is 2.26. The first-order valence-corrected chi connectivity index (χ1v) is 8.85. The molecule has 0 aliphatic heterocycles. The van der Waals surface area contributed by atoms with Gasteiger partial charge in [0, 0.05) is 11.4 Å². The number of carboxylic acid groups (broad SMARTS) is 1. The zero-order valence-electron chi connectivity index (χ0n) is 14.6. The molecule has 0 heterocycles. The molecule has 5 nitrogen and oxygen atoms in total. The van der Waals surface area contributed by atoms with Gasteiger partial charge in [0.25, 0.3) is 5.91 Å². The van der Waals surface area contributed by atoms with E-state index in [1.165, 1.54) is 0 Å². The monoisotopic (exact) mass is 361 g/mol. The van der Waals surface area contributed by atoms with E-state index in [0.29, 0.717) is 18.6 Å². The summed E-state index contributed by atoms with van der Waals surface area (Å²) in [4.78, 5) is 23.4. The van der Waals surface area contributed by atoms with Crippen LogP contribution in [0.3, 0.4) is 0 Å². The molecule has 2 N–H and O–H groups in total. The molecule has 5 heteroatoms. The quantitative estimate of drug-likeness (QED) is 0.732. The molecule has 1 amide bonds. The second kappa shape index (κ2) is 7.11. The molecule has 3 aromatic rings. The Morgan fingerprint density at radius 2 is 1.78 bits per heavy atom. The second-order valence-electron chi connectivity index (χ2n) is 6.73. The maximum atomic E-state index is 12.3. The van der Waals surface area contributed by atoms with Crippen LogP contribution in [0.5, 0.6) is 5.75 Å². The van der Waals surface area contributed by atoms with Crippen LogP contribution < -0.4 is 10.1 Å². The lowest BCUT2D eigenvalue weighted by Crippen LogP contribution is -2.38. The fourth-order valence-electron chi connectivity index (χ4n) is 3.59. The molecular weight excluding hydrogens is 342 g/mol. The van der Waals surface area contributed by atoms with Crippen molar-refractivity contribution < 1.29 is 19.4 Å². The lowest BCUT2D eigenvalue weighted by atomic mass is 10.1. The Bertz CT molecular complexity index is 1020. The van der Waals surface area contributed by atoms with E-state index in [1.54, 1.807) is 12.1 Å². The minimum absolute atomic E-state index is 0.0346. The molecule has 1 unspecified atom stereocenters. The average molecular weight is 361 g/mol. The number of benzene rings is 3. The van der Waals surface area contributed by atoms with Gasteiger partial charge in [-0.15, -0.1) is 0 Å². The van der Waals surface area contributed by atoms with Crippen molar-refractivity contribution in [1.29, 1.82) is 0 Å². The number of hydrogen-bond donors (Lipinski definition) is 2. The van der Waals surface area contributed by atoms with E-state index in [1.807, 2.05) is 48.5 Å². The topological polar surface area (TPSA) is 75.6 Å². The van der Waals surface area contributed by atoms with Gasteiger partial charge >= 0.3 is 5.97 Å². The number of nitrogens with one attached hydrogen (secondary N) is 1. The van der Waals surface area contributed by atoms with Gasteiger partial charge in [-0.2, -0.15) is 0 Å². The second-order valence-corrected chi connectivity index (χ2v) is 6.73. The Hall–Kier alpha value is -3.34. The first-order valence-electron chi connectivity index (χ1n) is 8.85. The molecule has 4 rings (SSSR count). The zero-order valence-corrected chi connectivity index (χ0v) is 14.6. The molecule has 0 saturated carbocycles. The SMILES string of the molecule is O=C(COc1cccc2ccccc12)NC1Cc2ccc(C(=O)O)cc2C1. The number of rotatable bonds is 5. The Balaban J connectivity index is 1.37. The molecule has 0 saturated heterocycles. The van der Waals surface area contributed by atoms with Crippen molar-refractivity contribution in [2.45, 2.75) is 18.9 Å². The summed E-state index contributed by atoms with van der Waals surface area (Å²) in [6.07, 6.45) is 1.34. The van der Waals surface area contributed by atoms with E-state index in [4.69, 9.17) is 9.84 Å². The van der Waals surface area contributed by atoms with Crippen LogP contribution in [0.25, 0.3) is 10.8 Å². The summed E-state index contributed by atoms with van der Waals surface area (Å²) in [6, 6.07) is 18.7. The zero-order chi connectivity index (χ0) is 18.8.